The standard InChI is InChI=1S/C34H28Br2N2O6/c1-18-6-11-29-23(12-18)26(34(42)44-17-31(39)20-4-3-5-22(13-20)43-2)16-30(37-29)19-7-9-21(10-8-19)38-32(40)24-14-27(35)28(36)15-25(24)33(38)41/h3-13,16,24-25,27-28H,14-15,17H2,1-2H3. The molecule has 0 bridgehead atoms. The Balaban J connectivity index is 1.26. The lowest BCUT2D eigenvalue weighted by Crippen LogP contribution is -2.34. The molecular formula is C34H28Br2N2O6. The number of fused-ring (bicyclic) bond motifs is 2. The molecule has 2 fully saturated rings. The van der Waals surface area contributed by atoms with Gasteiger partial charge in [-0.2, -0.15) is 0 Å². The highest BCUT2D eigenvalue weighted by Crippen LogP contribution is 2.44. The Labute approximate surface area is 271 Å². The molecule has 2 amide bonds. The van der Waals surface area contributed by atoms with Crippen LogP contribution < -0.4 is 9.64 Å². The predicted octanol–water partition coefficient (Wildman–Crippen LogP) is 6.68. The molecular weight excluding hydrogens is 692 g/mol. The van der Waals surface area contributed by atoms with Gasteiger partial charge in [-0.15, -0.1) is 0 Å². The molecule has 1 saturated heterocycles. The Bertz CT molecular complexity index is 1780. The maximum atomic E-state index is 13.4. The molecule has 1 aromatic heterocycles. The van der Waals surface area contributed by atoms with E-state index in [1.807, 2.05) is 25.1 Å². The number of carbonyl (C=O) groups excluding carboxylic acids is 4. The average molecular weight is 720 g/mol. The molecule has 6 rings (SSSR count). The minimum atomic E-state index is -0.650. The van der Waals surface area contributed by atoms with Crippen LogP contribution in [0.15, 0.2) is 72.8 Å². The Kier molecular flexibility index (Phi) is 8.39. The van der Waals surface area contributed by atoms with E-state index in [4.69, 9.17) is 14.5 Å². The van der Waals surface area contributed by atoms with Crippen LogP contribution in [0.2, 0.25) is 0 Å². The molecule has 8 nitrogen and oxygen atoms in total. The molecule has 0 N–H and O–H groups in total. The second kappa shape index (κ2) is 12.2. The van der Waals surface area contributed by atoms with Crippen molar-refractivity contribution in [3.8, 4) is 17.0 Å². The number of carbonyl (C=O) groups is 4. The molecule has 1 saturated carbocycles. The number of anilines is 1. The zero-order chi connectivity index (χ0) is 31.1. The molecule has 3 aromatic carbocycles. The van der Waals surface area contributed by atoms with Crippen molar-refractivity contribution in [3.63, 3.8) is 0 Å². The van der Waals surface area contributed by atoms with Gasteiger partial charge in [0.2, 0.25) is 11.8 Å². The molecule has 10 heteroatoms. The number of halogens is 2. The Morgan fingerprint density at radius 1 is 0.909 bits per heavy atom. The number of aryl methyl sites for hydroxylation is 1. The fourth-order valence-corrected chi connectivity index (χ4v) is 7.11. The molecule has 1 aliphatic carbocycles. The second-order valence-electron chi connectivity index (χ2n) is 11.1. The summed E-state index contributed by atoms with van der Waals surface area (Å²) >= 11 is 7.26. The van der Waals surface area contributed by atoms with Crippen LogP contribution in [0, 0.1) is 18.8 Å². The van der Waals surface area contributed by atoms with E-state index >= 15 is 0 Å². The third-order valence-electron chi connectivity index (χ3n) is 8.24. The number of rotatable bonds is 7. The highest BCUT2D eigenvalue weighted by molar-refractivity contribution is 9.12. The minimum absolute atomic E-state index is 0.131. The van der Waals surface area contributed by atoms with E-state index in [-0.39, 0.29) is 44.7 Å². The lowest BCUT2D eigenvalue weighted by atomic mass is 9.81. The molecule has 4 atom stereocenters. The van der Waals surface area contributed by atoms with Gasteiger partial charge in [0, 0.05) is 26.2 Å². The first-order chi connectivity index (χ1) is 21.1. The van der Waals surface area contributed by atoms with Crippen molar-refractivity contribution in [3.05, 3.63) is 89.5 Å². The summed E-state index contributed by atoms with van der Waals surface area (Å²) in [5.74, 6) is -1.50. The van der Waals surface area contributed by atoms with Gasteiger partial charge in [-0.3, -0.25) is 19.3 Å². The number of amides is 2. The largest absolute Gasteiger partial charge is 0.497 e. The third-order valence-corrected chi connectivity index (χ3v) is 11.0. The highest BCUT2D eigenvalue weighted by atomic mass is 79.9. The van der Waals surface area contributed by atoms with Gasteiger partial charge in [0.05, 0.1) is 41.4 Å². The van der Waals surface area contributed by atoms with Gasteiger partial charge in [-0.05, 0) is 62.2 Å². The summed E-state index contributed by atoms with van der Waals surface area (Å²) in [6.45, 7) is 1.48. The molecule has 44 heavy (non-hydrogen) atoms. The van der Waals surface area contributed by atoms with E-state index in [0.717, 1.165) is 5.56 Å². The number of imide groups is 1. The summed E-state index contributed by atoms with van der Waals surface area (Å²) < 4.78 is 10.7. The van der Waals surface area contributed by atoms with Gasteiger partial charge in [-0.1, -0.05) is 67.8 Å². The number of benzene rings is 3. The SMILES string of the molecule is COc1cccc(C(=O)COC(=O)c2cc(-c3ccc(N4C(=O)C5CC(Br)C(Br)CC5C4=O)cc3)nc3ccc(C)cc23)c1. The molecule has 0 spiro atoms. The summed E-state index contributed by atoms with van der Waals surface area (Å²) in [5, 5.41) is 0.607. The Hall–Kier alpha value is -3.89. The number of Topliss-reactive ketones (excluding diaryl/α,β-unsaturated/α-hetero) is 1. The van der Waals surface area contributed by atoms with Crippen LogP contribution in [0.1, 0.15) is 39.1 Å². The van der Waals surface area contributed by atoms with Crippen molar-refractivity contribution in [1.29, 1.82) is 0 Å². The van der Waals surface area contributed by atoms with Crippen molar-refractivity contribution in [2.75, 3.05) is 18.6 Å². The fraction of sp³-hybridized carbons (Fsp3) is 0.265. The van der Waals surface area contributed by atoms with Gasteiger partial charge < -0.3 is 9.47 Å². The number of alkyl halides is 2. The Morgan fingerprint density at radius 3 is 2.25 bits per heavy atom. The first kappa shape index (κ1) is 30.1. The maximum absolute atomic E-state index is 13.4. The Morgan fingerprint density at radius 2 is 1.59 bits per heavy atom. The highest BCUT2D eigenvalue weighted by Gasteiger charge is 2.52. The minimum Gasteiger partial charge on any atom is -0.497 e. The van der Waals surface area contributed by atoms with Crippen molar-refractivity contribution in [2.45, 2.75) is 29.4 Å². The first-order valence-electron chi connectivity index (χ1n) is 14.2. The average Bonchev–Trinajstić information content (AvgIpc) is 3.27. The van der Waals surface area contributed by atoms with E-state index < -0.39 is 12.6 Å². The zero-order valence-corrected chi connectivity index (χ0v) is 27.1. The zero-order valence-electron chi connectivity index (χ0n) is 24.0. The number of aromatic nitrogens is 1. The van der Waals surface area contributed by atoms with Crippen LogP contribution in [-0.2, 0) is 14.3 Å². The number of nitrogens with zero attached hydrogens (tertiary/aromatic N) is 2. The molecule has 1 aliphatic heterocycles. The third kappa shape index (κ3) is 5.68. The molecule has 0 radical (unpaired) electrons. The van der Waals surface area contributed by atoms with Crippen LogP contribution in [-0.4, -0.2) is 51.9 Å². The van der Waals surface area contributed by atoms with Crippen molar-refractivity contribution >= 4 is 72.0 Å². The normalized spacial score (nSPS) is 21.3. The number of methoxy groups -OCH3 is 1. The topological polar surface area (TPSA) is 103 Å². The predicted molar refractivity (Wildman–Crippen MR) is 174 cm³/mol. The van der Waals surface area contributed by atoms with Crippen LogP contribution in [0.25, 0.3) is 22.2 Å². The molecule has 2 aliphatic rings. The number of ketones is 1. The first-order valence-corrected chi connectivity index (χ1v) is 16.0. The van der Waals surface area contributed by atoms with E-state index in [1.165, 1.54) is 12.0 Å². The molecule has 2 heterocycles. The van der Waals surface area contributed by atoms with E-state index in [9.17, 15) is 19.2 Å². The lowest BCUT2D eigenvalue weighted by Gasteiger charge is -2.29. The number of hydrogen-bond donors (Lipinski definition) is 0. The van der Waals surface area contributed by atoms with Gasteiger partial charge in [0.25, 0.3) is 0 Å². The molecule has 4 unspecified atom stereocenters. The van der Waals surface area contributed by atoms with Crippen LogP contribution in [0.3, 0.4) is 0 Å². The van der Waals surface area contributed by atoms with Crippen molar-refractivity contribution < 1.29 is 28.7 Å². The monoisotopic (exact) mass is 718 g/mol. The van der Waals surface area contributed by atoms with Gasteiger partial charge >= 0.3 is 5.97 Å². The smallest absolute Gasteiger partial charge is 0.339 e. The summed E-state index contributed by atoms with van der Waals surface area (Å²) in [6, 6.07) is 20.9. The molecule has 224 valence electrons. The number of hydrogen-bond acceptors (Lipinski definition) is 7. The van der Waals surface area contributed by atoms with E-state index in [0.29, 0.717) is 52.0 Å². The van der Waals surface area contributed by atoms with Gasteiger partial charge in [-0.25, -0.2) is 9.78 Å². The van der Waals surface area contributed by atoms with Gasteiger partial charge in [0.15, 0.2) is 12.4 Å². The van der Waals surface area contributed by atoms with E-state index in [1.54, 1.807) is 54.6 Å². The summed E-state index contributed by atoms with van der Waals surface area (Å²) in [4.78, 5) is 59.0. The fourth-order valence-electron chi connectivity index (χ4n) is 5.88. The van der Waals surface area contributed by atoms with Crippen LogP contribution >= 0.6 is 31.9 Å². The van der Waals surface area contributed by atoms with Crippen LogP contribution in [0.4, 0.5) is 5.69 Å². The number of ether oxygens (including phenoxy) is 2. The van der Waals surface area contributed by atoms with E-state index in [2.05, 4.69) is 31.9 Å². The summed E-state index contributed by atoms with van der Waals surface area (Å²) in [7, 11) is 1.51. The number of esters is 1. The number of pyridine rings is 1. The lowest BCUT2D eigenvalue weighted by molar-refractivity contribution is -0.122. The van der Waals surface area contributed by atoms with Gasteiger partial charge in [0.1, 0.15) is 5.75 Å². The van der Waals surface area contributed by atoms with Crippen molar-refractivity contribution in [2.24, 2.45) is 11.8 Å². The van der Waals surface area contributed by atoms with Crippen LogP contribution in [0.5, 0.6) is 5.75 Å². The second-order valence-corrected chi connectivity index (χ2v) is 13.4. The molecule has 4 aromatic rings. The quantitative estimate of drug-likeness (QED) is 0.0909. The maximum Gasteiger partial charge on any atom is 0.339 e. The summed E-state index contributed by atoms with van der Waals surface area (Å²) in [5.41, 5.74) is 3.89. The van der Waals surface area contributed by atoms with Crippen molar-refractivity contribution in [1.82, 2.24) is 4.98 Å². The summed E-state index contributed by atoms with van der Waals surface area (Å²) in [6.07, 6.45) is 1.20.